The predicted molar refractivity (Wildman–Crippen MR) is 76.9 cm³/mol. The number of nitrogens with two attached hydrogens (primary N) is 1. The summed E-state index contributed by atoms with van der Waals surface area (Å²) in [4.78, 5) is 12.0. The molecule has 0 atom stereocenters. The van der Waals surface area contributed by atoms with Crippen LogP contribution in [0.15, 0.2) is 36.4 Å². The van der Waals surface area contributed by atoms with Gasteiger partial charge in [0, 0.05) is 11.3 Å². The topological polar surface area (TPSA) is 75.4 Å². The average molecular weight is 297 g/mol. The summed E-state index contributed by atoms with van der Waals surface area (Å²) in [5, 5.41) is 12.4. The zero-order valence-electron chi connectivity index (χ0n) is 9.65. The molecule has 0 aliphatic heterocycles. The van der Waals surface area contributed by atoms with Gasteiger partial charge in [-0.05, 0) is 36.4 Å². The van der Waals surface area contributed by atoms with Crippen LogP contribution in [0.25, 0.3) is 0 Å². The number of hydrogen-bond donors (Lipinski definition) is 3. The van der Waals surface area contributed by atoms with Gasteiger partial charge in [0.15, 0.2) is 0 Å². The SMILES string of the molecule is Nc1ccc(C(=O)Nc2ccc(O)c(Cl)c2)cc1Cl. The number of hydrogen-bond acceptors (Lipinski definition) is 3. The predicted octanol–water partition coefficient (Wildman–Crippen LogP) is 3.53. The maximum atomic E-state index is 12.0. The quantitative estimate of drug-likeness (QED) is 0.586. The molecular formula is C13H10Cl2N2O2. The molecule has 0 radical (unpaired) electrons. The van der Waals surface area contributed by atoms with Crippen LogP contribution in [-0.4, -0.2) is 11.0 Å². The van der Waals surface area contributed by atoms with Gasteiger partial charge in [0.1, 0.15) is 5.75 Å². The van der Waals surface area contributed by atoms with Gasteiger partial charge in [-0.15, -0.1) is 0 Å². The fourth-order valence-corrected chi connectivity index (χ4v) is 1.82. The molecule has 4 nitrogen and oxygen atoms in total. The van der Waals surface area contributed by atoms with E-state index in [2.05, 4.69) is 5.32 Å². The minimum Gasteiger partial charge on any atom is -0.506 e. The number of phenols is 1. The molecule has 2 aromatic rings. The van der Waals surface area contributed by atoms with E-state index in [4.69, 9.17) is 28.9 Å². The van der Waals surface area contributed by atoms with Crippen LogP contribution in [0.4, 0.5) is 11.4 Å². The largest absolute Gasteiger partial charge is 0.506 e. The highest BCUT2D eigenvalue weighted by atomic mass is 35.5. The lowest BCUT2D eigenvalue weighted by molar-refractivity contribution is 0.102. The molecule has 98 valence electrons. The number of rotatable bonds is 2. The first kappa shape index (κ1) is 13.5. The van der Waals surface area contributed by atoms with Crippen molar-refractivity contribution in [2.75, 3.05) is 11.1 Å². The summed E-state index contributed by atoms with van der Waals surface area (Å²) in [6.07, 6.45) is 0. The Bertz CT molecular complexity index is 645. The summed E-state index contributed by atoms with van der Waals surface area (Å²) in [5.41, 5.74) is 6.83. The number of phenolic OH excluding ortho intramolecular Hbond substituents is 1. The Labute approximate surface area is 119 Å². The molecule has 2 aromatic carbocycles. The van der Waals surface area contributed by atoms with E-state index in [-0.39, 0.29) is 16.7 Å². The van der Waals surface area contributed by atoms with Crippen molar-refractivity contribution in [2.45, 2.75) is 0 Å². The molecule has 0 bridgehead atoms. The minimum absolute atomic E-state index is 0.0461. The maximum absolute atomic E-state index is 12.0. The van der Waals surface area contributed by atoms with Crippen molar-refractivity contribution in [3.8, 4) is 5.75 Å². The number of carbonyl (C=O) groups is 1. The zero-order valence-corrected chi connectivity index (χ0v) is 11.2. The van der Waals surface area contributed by atoms with Crippen LogP contribution < -0.4 is 11.1 Å². The van der Waals surface area contributed by atoms with Crippen molar-refractivity contribution in [3.63, 3.8) is 0 Å². The number of amides is 1. The second kappa shape index (κ2) is 5.38. The molecule has 0 saturated heterocycles. The fraction of sp³-hybridized carbons (Fsp3) is 0. The van der Waals surface area contributed by atoms with Crippen molar-refractivity contribution in [1.29, 1.82) is 0 Å². The second-order valence-corrected chi connectivity index (χ2v) is 4.67. The molecule has 4 N–H and O–H groups in total. The normalized spacial score (nSPS) is 10.2. The van der Waals surface area contributed by atoms with Crippen LogP contribution in [0, 0.1) is 0 Å². The highest BCUT2D eigenvalue weighted by molar-refractivity contribution is 6.33. The Kier molecular flexibility index (Phi) is 3.83. The van der Waals surface area contributed by atoms with E-state index in [0.717, 1.165) is 0 Å². The van der Waals surface area contributed by atoms with E-state index in [1.165, 1.54) is 24.3 Å². The van der Waals surface area contributed by atoms with Gasteiger partial charge < -0.3 is 16.2 Å². The molecule has 0 fully saturated rings. The minimum atomic E-state index is -0.344. The fourth-order valence-electron chi connectivity index (χ4n) is 1.46. The molecule has 6 heteroatoms. The van der Waals surface area contributed by atoms with E-state index >= 15 is 0 Å². The number of anilines is 2. The van der Waals surface area contributed by atoms with E-state index in [9.17, 15) is 9.90 Å². The lowest BCUT2D eigenvalue weighted by atomic mass is 10.2. The number of benzene rings is 2. The summed E-state index contributed by atoms with van der Waals surface area (Å²) in [5.74, 6) is -0.390. The average Bonchev–Trinajstić information content (AvgIpc) is 2.37. The molecule has 0 aliphatic rings. The Morgan fingerprint density at radius 2 is 1.84 bits per heavy atom. The second-order valence-electron chi connectivity index (χ2n) is 3.86. The summed E-state index contributed by atoms with van der Waals surface area (Å²) in [7, 11) is 0. The molecule has 0 heterocycles. The van der Waals surface area contributed by atoms with Gasteiger partial charge in [0.2, 0.25) is 0 Å². The van der Waals surface area contributed by atoms with Crippen molar-refractivity contribution >= 4 is 40.5 Å². The first-order valence-electron chi connectivity index (χ1n) is 5.32. The Morgan fingerprint density at radius 1 is 1.11 bits per heavy atom. The standard InChI is InChI=1S/C13H10Cl2N2O2/c14-9-5-7(1-3-11(9)16)13(19)17-8-2-4-12(18)10(15)6-8/h1-6,18H,16H2,(H,17,19). The van der Waals surface area contributed by atoms with Gasteiger partial charge in [-0.1, -0.05) is 23.2 Å². The maximum Gasteiger partial charge on any atom is 0.255 e. The number of halogens is 2. The molecule has 0 unspecified atom stereocenters. The third-order valence-electron chi connectivity index (χ3n) is 2.47. The van der Waals surface area contributed by atoms with Crippen molar-refractivity contribution in [3.05, 3.63) is 52.0 Å². The molecule has 1 amide bonds. The van der Waals surface area contributed by atoms with Crippen LogP contribution in [0.3, 0.4) is 0 Å². The van der Waals surface area contributed by atoms with Gasteiger partial charge in [-0.3, -0.25) is 4.79 Å². The summed E-state index contributed by atoms with van der Waals surface area (Å²) >= 11 is 11.6. The van der Waals surface area contributed by atoms with Gasteiger partial charge in [0.05, 0.1) is 15.7 Å². The lowest BCUT2D eigenvalue weighted by Crippen LogP contribution is -2.11. The number of nitrogens with one attached hydrogen (secondary N) is 1. The van der Waals surface area contributed by atoms with Gasteiger partial charge in [-0.2, -0.15) is 0 Å². The molecular weight excluding hydrogens is 287 g/mol. The number of nitrogen functional groups attached to an aromatic ring is 1. The van der Waals surface area contributed by atoms with Gasteiger partial charge in [-0.25, -0.2) is 0 Å². The summed E-state index contributed by atoms with van der Waals surface area (Å²) in [6.45, 7) is 0. The highest BCUT2D eigenvalue weighted by Gasteiger charge is 2.09. The Balaban J connectivity index is 2.20. The van der Waals surface area contributed by atoms with Gasteiger partial charge in [0.25, 0.3) is 5.91 Å². The van der Waals surface area contributed by atoms with Crippen LogP contribution in [0.1, 0.15) is 10.4 Å². The summed E-state index contributed by atoms with van der Waals surface area (Å²) in [6, 6.07) is 8.99. The van der Waals surface area contributed by atoms with Crippen LogP contribution in [-0.2, 0) is 0 Å². The lowest BCUT2D eigenvalue weighted by Gasteiger charge is -2.07. The monoisotopic (exact) mass is 296 g/mol. The molecule has 0 aliphatic carbocycles. The van der Waals surface area contributed by atoms with E-state index in [0.29, 0.717) is 22.0 Å². The van der Waals surface area contributed by atoms with Crippen molar-refractivity contribution < 1.29 is 9.90 Å². The summed E-state index contributed by atoms with van der Waals surface area (Å²) < 4.78 is 0. The smallest absolute Gasteiger partial charge is 0.255 e. The number of aromatic hydroxyl groups is 1. The molecule has 19 heavy (non-hydrogen) atoms. The molecule has 0 saturated carbocycles. The Morgan fingerprint density at radius 3 is 2.47 bits per heavy atom. The first-order valence-corrected chi connectivity index (χ1v) is 6.08. The molecule has 2 rings (SSSR count). The van der Waals surface area contributed by atoms with Crippen molar-refractivity contribution in [1.82, 2.24) is 0 Å². The van der Waals surface area contributed by atoms with Crippen LogP contribution in [0.2, 0.25) is 10.0 Å². The van der Waals surface area contributed by atoms with Gasteiger partial charge >= 0.3 is 0 Å². The highest BCUT2D eigenvalue weighted by Crippen LogP contribution is 2.26. The molecule has 0 spiro atoms. The van der Waals surface area contributed by atoms with Crippen molar-refractivity contribution in [2.24, 2.45) is 0 Å². The Hall–Kier alpha value is -1.91. The van der Waals surface area contributed by atoms with E-state index in [1.54, 1.807) is 12.1 Å². The molecule has 0 aromatic heterocycles. The zero-order chi connectivity index (χ0) is 14.0. The van der Waals surface area contributed by atoms with E-state index in [1.807, 2.05) is 0 Å². The number of carbonyl (C=O) groups excluding carboxylic acids is 1. The van der Waals surface area contributed by atoms with Crippen LogP contribution in [0.5, 0.6) is 5.75 Å². The van der Waals surface area contributed by atoms with Crippen LogP contribution >= 0.6 is 23.2 Å². The third kappa shape index (κ3) is 3.10. The van der Waals surface area contributed by atoms with E-state index < -0.39 is 0 Å². The first-order chi connectivity index (χ1) is 8.97. The third-order valence-corrected chi connectivity index (χ3v) is 3.10.